The number of benzene rings is 34. The molecule has 54 aromatic carbocycles. The standard InChI is InChI=1S/C142H42O4/c1(3-9-17-143-21-13-5-11-19-145-21)7-15-139-127-111-93-79-53-39-27-29-33-25-23-31(27)49(53)61-57-35(23)43-37(25)59-63-51(33)55-41(29)47-45(39)67-83-69(47)87-81(55)95-91(63)99-73(59)77-65(43)75-71(57)97(89(61)93)119(127)123-101(75)103(77)125-121(99)129-113(95)107(87)117-109(83)115(105(111)85(67)79)131(139)135(117)141(129,137(125)133(123)139)142-130-114-96-82-56-42-30-28-32-24-26-34(30)52(56)64-60-38(26)44-36(24)58-62-50(32)54-40(28)46-48(42)70-84-68(46)86-80(54)94-90(62)98-72(58)76-66(44)78-74(60)100(92(64)96)122(130)126-104(78)102(76)124-120(98)128-112(94)106(86)116-110(84)118(108(114)88(70)82)136(142)132(116)140(128,134(124)138(126)142)16-8-2-4-10-18-144-22-14-6-12-20-146-22/h21-22H,1-20H2. The van der Waals surface area contributed by atoms with Gasteiger partial charge in [-0.15, -0.1) is 0 Å². The first-order valence-electron chi connectivity index (χ1n) is 56.9. The first-order chi connectivity index (χ1) is 72.9. The zero-order chi connectivity index (χ0) is 87.1. The maximum atomic E-state index is 6.85. The molecule has 4 nitrogen and oxygen atoms in total. The van der Waals surface area contributed by atoms with E-state index >= 15 is 0 Å². The van der Waals surface area contributed by atoms with E-state index in [1.807, 2.05) is 66.8 Å². The summed E-state index contributed by atoms with van der Waals surface area (Å²) in [5.74, 6) is 0. The van der Waals surface area contributed by atoms with Crippen LogP contribution in [0.1, 0.15) is 169 Å². The van der Waals surface area contributed by atoms with E-state index in [0.29, 0.717) is 0 Å². The lowest BCUT2D eigenvalue weighted by Crippen LogP contribution is -2.58. The summed E-state index contributed by atoms with van der Waals surface area (Å²) in [6, 6.07) is 0. The monoisotopic (exact) mass is 1810 g/mol. The molecule has 4 heteroatoms. The Morgan fingerprint density at radius 1 is 0.137 bits per heavy atom. The number of unbranched alkanes of at least 4 members (excludes halogenated alkanes) is 6. The number of rotatable bonds is 17. The molecule has 12 aliphatic rings. The summed E-state index contributed by atoms with van der Waals surface area (Å²) in [4.78, 5) is 0. The molecule has 66 rings (SSSR count). The largest absolute Gasteiger partial charge is 0.353 e. The number of ether oxygens (including phenoxy) is 4. The SMILES string of the molecule is C(CCCC12c3c4c5c6c7c8c9c%10c(c1c1c%11c2c2c%12c3c5c3c5c%12c%12c2c2c%11c%11c%13c1c%10c1c%10c9c9c7c7c6c3c3c5c5c%12c6c2c%11c2c(c%131)c1c%10c9c9c7c3c3c9c1c2c6c53)C48C12c3c4c5c6c7c8c9c%10c(c1c1c%11c2c2c%12c3c5c3c5c6c6c7c7c9c9c%13c%10c1c1c%10c%11c%11c2c2c%12c3c3c5c5c6c6c7c9c7c(c%131)c1c%10c%11c9c2c3c2c9c1c7c6c52)C48CCCCCCOC1CCCCO1)CCOC1CCCCO1. The molecule has 2 saturated heterocycles. The summed E-state index contributed by atoms with van der Waals surface area (Å²) >= 11 is 0. The quantitative estimate of drug-likeness (QED) is 0.0673. The Balaban J connectivity index is 0.666. The van der Waals surface area contributed by atoms with Gasteiger partial charge < -0.3 is 18.9 Å². The van der Waals surface area contributed by atoms with Crippen molar-refractivity contribution >= 4 is 560 Å². The lowest BCUT2D eigenvalue weighted by atomic mass is 9.39. The molecular weight excluding hydrogens is 1770 g/mol. The van der Waals surface area contributed by atoms with Gasteiger partial charge in [-0.2, -0.15) is 0 Å². The second-order valence-electron chi connectivity index (χ2n) is 54.5. The molecule has 6 unspecified atom stereocenters. The predicted octanol–water partition coefficient (Wildman–Crippen LogP) is 38.0. The molecule has 0 N–H and O–H groups in total. The van der Waals surface area contributed by atoms with Crippen molar-refractivity contribution in [3.05, 3.63) is 66.8 Å². The zero-order valence-electron chi connectivity index (χ0n) is 76.9. The first kappa shape index (κ1) is 58.6. The number of hydrogen-bond acceptors (Lipinski definition) is 4. The molecule has 10 aliphatic carbocycles. The van der Waals surface area contributed by atoms with Gasteiger partial charge in [0.15, 0.2) is 12.6 Å². The third-order valence-electron chi connectivity index (χ3n) is 53.1. The van der Waals surface area contributed by atoms with Crippen molar-refractivity contribution < 1.29 is 18.9 Å². The minimum Gasteiger partial charge on any atom is -0.353 e. The smallest absolute Gasteiger partial charge is 0.157 e. The van der Waals surface area contributed by atoms with Crippen LogP contribution >= 0.6 is 0 Å². The van der Waals surface area contributed by atoms with Crippen molar-refractivity contribution in [1.29, 1.82) is 0 Å². The molecule has 2 fully saturated rings. The molecule has 0 radical (unpaired) electrons. The highest BCUT2D eigenvalue weighted by atomic mass is 16.7. The second-order valence-corrected chi connectivity index (χ2v) is 54.5. The van der Waals surface area contributed by atoms with Crippen LogP contribution in [-0.2, 0) is 40.6 Å². The van der Waals surface area contributed by atoms with Gasteiger partial charge in [0.2, 0.25) is 0 Å². The van der Waals surface area contributed by atoms with Gasteiger partial charge >= 0.3 is 0 Å². The Labute approximate surface area is 803 Å². The van der Waals surface area contributed by atoms with Crippen molar-refractivity contribution in [3.63, 3.8) is 0 Å². The Bertz CT molecular complexity index is 15400. The van der Waals surface area contributed by atoms with Gasteiger partial charge in [0, 0.05) is 37.3 Å². The van der Waals surface area contributed by atoms with Crippen molar-refractivity contribution in [2.45, 2.75) is 137 Å². The topological polar surface area (TPSA) is 36.9 Å². The molecule has 0 aromatic heterocycles. The Morgan fingerprint density at radius 3 is 0.466 bits per heavy atom. The maximum absolute atomic E-state index is 6.85. The van der Waals surface area contributed by atoms with Crippen LogP contribution in [0.5, 0.6) is 0 Å². The highest BCUT2D eigenvalue weighted by molar-refractivity contribution is 6.87. The number of hydrogen-bond donors (Lipinski definition) is 0. The van der Waals surface area contributed by atoms with E-state index in [1.54, 1.807) is 560 Å². The molecular formula is C142H42O4. The minimum atomic E-state index is -0.821. The Kier molecular flexibility index (Phi) is 5.78. The average molecular weight is 1810 g/mol. The van der Waals surface area contributed by atoms with Gasteiger partial charge in [-0.05, 0) is 691 Å². The molecule has 2 aliphatic heterocycles. The van der Waals surface area contributed by atoms with Crippen LogP contribution in [0.25, 0.3) is 560 Å². The fraction of sp³-hybridized carbons (Fsp3) is 0.183. The van der Waals surface area contributed by atoms with Crippen LogP contribution in [0.2, 0.25) is 0 Å². The van der Waals surface area contributed by atoms with Crippen LogP contribution in [0.4, 0.5) is 0 Å². The van der Waals surface area contributed by atoms with Crippen LogP contribution in [0.3, 0.4) is 0 Å². The fourth-order valence-corrected chi connectivity index (χ4v) is 52.5. The Morgan fingerprint density at radius 2 is 0.274 bits per heavy atom. The third kappa shape index (κ3) is 3.49. The molecule has 146 heavy (non-hydrogen) atoms. The van der Waals surface area contributed by atoms with E-state index < -0.39 is 21.7 Å². The third-order valence-corrected chi connectivity index (χ3v) is 53.1. The molecule has 634 valence electrons. The summed E-state index contributed by atoms with van der Waals surface area (Å²) in [7, 11) is 0. The molecule has 2 heterocycles. The van der Waals surface area contributed by atoms with E-state index in [9.17, 15) is 0 Å². The predicted molar refractivity (Wildman–Crippen MR) is 610 cm³/mol. The first-order valence-corrected chi connectivity index (χ1v) is 56.9. The van der Waals surface area contributed by atoms with Crippen LogP contribution in [0, 0.1) is 0 Å². The molecule has 0 bridgehead atoms. The van der Waals surface area contributed by atoms with Gasteiger partial charge in [0.1, 0.15) is 0 Å². The maximum Gasteiger partial charge on any atom is 0.157 e. The lowest BCUT2D eigenvalue weighted by molar-refractivity contribution is -0.163. The van der Waals surface area contributed by atoms with Gasteiger partial charge in [-0.3, -0.25) is 0 Å². The zero-order valence-corrected chi connectivity index (χ0v) is 76.9. The normalized spacial score (nSPS) is 23.8. The van der Waals surface area contributed by atoms with Crippen molar-refractivity contribution in [2.24, 2.45) is 0 Å². The summed E-state index contributed by atoms with van der Waals surface area (Å²) in [6.07, 6.45) is 18.0. The summed E-state index contributed by atoms with van der Waals surface area (Å²) in [5, 5.41) is 178. The van der Waals surface area contributed by atoms with Crippen LogP contribution < -0.4 is 0 Å². The van der Waals surface area contributed by atoms with Gasteiger partial charge in [-0.1, -0.05) is 38.5 Å². The molecule has 6 atom stereocenters. The van der Waals surface area contributed by atoms with Gasteiger partial charge in [0.25, 0.3) is 0 Å². The van der Waals surface area contributed by atoms with Crippen molar-refractivity contribution in [2.75, 3.05) is 26.4 Å². The highest BCUT2D eigenvalue weighted by Gasteiger charge is 2.79. The Hall–Kier alpha value is -15.2. The van der Waals surface area contributed by atoms with Crippen molar-refractivity contribution in [1.82, 2.24) is 0 Å². The van der Waals surface area contributed by atoms with E-state index in [1.165, 1.54) is 38.5 Å². The summed E-state index contributed by atoms with van der Waals surface area (Å²) in [6.45, 7) is 3.21. The molecule has 0 amide bonds. The van der Waals surface area contributed by atoms with Crippen LogP contribution in [-0.4, -0.2) is 39.0 Å². The van der Waals surface area contributed by atoms with Crippen molar-refractivity contribution in [3.8, 4) is 0 Å². The second kappa shape index (κ2) is 14.4. The molecule has 0 spiro atoms. The van der Waals surface area contributed by atoms with Gasteiger partial charge in [0.05, 0.1) is 10.8 Å². The highest BCUT2D eigenvalue weighted by Crippen LogP contribution is 2.94. The van der Waals surface area contributed by atoms with E-state index in [-0.39, 0.29) is 12.6 Å². The fourth-order valence-electron chi connectivity index (χ4n) is 52.5. The van der Waals surface area contributed by atoms with E-state index in [0.717, 1.165) is 90.6 Å². The molecule has 54 aromatic rings. The average Bonchev–Trinajstić information content (AvgIpc) is 1.34. The van der Waals surface area contributed by atoms with E-state index in [2.05, 4.69) is 0 Å². The minimum absolute atomic E-state index is 0.0671. The lowest BCUT2D eigenvalue weighted by Gasteiger charge is -2.61. The summed E-state index contributed by atoms with van der Waals surface area (Å²) < 4.78 is 26.5. The van der Waals surface area contributed by atoms with Crippen LogP contribution in [0.15, 0.2) is 0 Å². The molecule has 0 saturated carbocycles. The van der Waals surface area contributed by atoms with E-state index in [4.69, 9.17) is 18.9 Å². The van der Waals surface area contributed by atoms with Gasteiger partial charge in [-0.25, -0.2) is 0 Å². The summed E-state index contributed by atoms with van der Waals surface area (Å²) in [5.41, 5.74) is 19.7.